The van der Waals surface area contributed by atoms with Gasteiger partial charge < -0.3 is 30.3 Å². The van der Waals surface area contributed by atoms with Gasteiger partial charge in [-0.2, -0.15) is 0 Å². The summed E-state index contributed by atoms with van der Waals surface area (Å²) in [5, 5.41) is 16.5. The summed E-state index contributed by atoms with van der Waals surface area (Å²) in [5.41, 5.74) is 9.68. The van der Waals surface area contributed by atoms with E-state index in [-0.39, 0.29) is 43.7 Å². The number of halogens is 1. The smallest absolute Gasteiger partial charge is 0.246 e. The molecule has 1 saturated heterocycles. The number of aryl methyl sites for hydroxylation is 1. The zero-order chi connectivity index (χ0) is 47.9. The van der Waals surface area contributed by atoms with Crippen molar-refractivity contribution in [3.63, 3.8) is 0 Å². The van der Waals surface area contributed by atoms with Crippen LogP contribution in [0, 0.1) is 12.3 Å². The van der Waals surface area contributed by atoms with E-state index in [1.807, 2.05) is 106 Å². The van der Waals surface area contributed by atoms with Crippen molar-refractivity contribution in [3.05, 3.63) is 143 Å². The zero-order valence-electron chi connectivity index (χ0n) is 39.3. The maximum atomic E-state index is 14.0. The molecule has 67 heavy (non-hydrogen) atoms. The summed E-state index contributed by atoms with van der Waals surface area (Å²) in [6.45, 7) is 8.60. The lowest BCUT2D eigenvalue weighted by atomic mass is 9.85. The standard InChI is InChI=1S/C54H64ClN5O6S/c1-37-50(67-36-57-37)42-23-21-38(22-24-42)34-56-52(64)46-33-43(61)35-60(46)53(65)51(54(2,3)4)58-47(62)19-13-8-14-20-48(63)59(5)31-32-66-44-27-25-41(26-28-44)49(40-17-11-7-12-18-40)45(29-30-55)39-15-9-6-10-16-39/h6-7,9-12,15-18,21-28,36,43,46,51,61H,8,13-14,19-20,29-35H2,1-5H3,(H,56,64)(H,58,62)/b49-45-/t43-,46+,51?/m1/s1. The van der Waals surface area contributed by atoms with E-state index in [9.17, 15) is 24.3 Å². The summed E-state index contributed by atoms with van der Waals surface area (Å²) in [6, 6.07) is 34.8. The van der Waals surface area contributed by atoms with Crippen LogP contribution in [0.5, 0.6) is 5.75 Å². The Morgan fingerprint density at radius 1 is 0.866 bits per heavy atom. The van der Waals surface area contributed by atoms with Gasteiger partial charge in [0.25, 0.3) is 0 Å². The van der Waals surface area contributed by atoms with Crippen LogP contribution in [0.15, 0.2) is 115 Å². The molecule has 0 saturated carbocycles. The number of likely N-dealkylation sites (tertiary alicyclic amines) is 1. The van der Waals surface area contributed by atoms with E-state index in [2.05, 4.69) is 52.0 Å². The van der Waals surface area contributed by atoms with Crippen molar-refractivity contribution < 1.29 is 29.0 Å². The van der Waals surface area contributed by atoms with Gasteiger partial charge in [-0.05, 0) is 82.7 Å². The summed E-state index contributed by atoms with van der Waals surface area (Å²) in [7, 11) is 1.77. The highest BCUT2D eigenvalue weighted by Crippen LogP contribution is 2.36. The average molecular weight is 947 g/mol. The minimum Gasteiger partial charge on any atom is -0.492 e. The van der Waals surface area contributed by atoms with Gasteiger partial charge in [-0.3, -0.25) is 19.2 Å². The van der Waals surface area contributed by atoms with E-state index in [0.29, 0.717) is 56.9 Å². The van der Waals surface area contributed by atoms with Crippen molar-refractivity contribution in [2.75, 3.05) is 32.6 Å². The molecule has 4 aromatic carbocycles. The molecule has 0 radical (unpaired) electrons. The van der Waals surface area contributed by atoms with Gasteiger partial charge in [0.2, 0.25) is 23.6 Å². The SMILES string of the molecule is Cc1ncsc1-c1ccc(CNC(=O)[C@@H]2C[C@@H](O)CN2C(=O)C(NC(=O)CCCCCC(=O)N(C)CCOc2ccc(/C(=C(/CCCl)c3ccccc3)c3ccccc3)cc2)C(C)(C)C)cc1. The van der Waals surface area contributed by atoms with Crippen LogP contribution in [0.4, 0.5) is 0 Å². The fourth-order valence-corrected chi connectivity index (χ4v) is 9.35. The van der Waals surface area contributed by atoms with Crippen molar-refractivity contribution in [1.29, 1.82) is 0 Å². The number of aromatic nitrogens is 1. The molecule has 0 spiro atoms. The molecule has 6 rings (SSSR count). The Bertz CT molecular complexity index is 2440. The van der Waals surface area contributed by atoms with Crippen LogP contribution < -0.4 is 15.4 Å². The number of β-amino-alcohol motifs (C(OH)–C–C–N with tert-alkyl or cyclic N) is 1. The summed E-state index contributed by atoms with van der Waals surface area (Å²) in [4.78, 5) is 62.2. The molecule has 13 heteroatoms. The molecule has 5 aromatic rings. The second-order valence-corrected chi connectivity index (χ2v) is 19.5. The van der Waals surface area contributed by atoms with Crippen LogP contribution in [0.1, 0.15) is 93.7 Å². The number of carbonyl (C=O) groups excluding carboxylic acids is 4. The molecule has 1 unspecified atom stereocenters. The number of hydrogen-bond donors (Lipinski definition) is 3. The summed E-state index contributed by atoms with van der Waals surface area (Å²) < 4.78 is 6.06. The van der Waals surface area contributed by atoms with Gasteiger partial charge in [0.1, 0.15) is 24.4 Å². The molecule has 11 nitrogen and oxygen atoms in total. The molecule has 3 atom stereocenters. The molecule has 1 aromatic heterocycles. The number of allylic oxidation sites excluding steroid dienone is 1. The highest BCUT2D eigenvalue weighted by Gasteiger charge is 2.44. The molecule has 354 valence electrons. The molecule has 1 aliphatic heterocycles. The fourth-order valence-electron chi connectivity index (χ4n) is 8.35. The summed E-state index contributed by atoms with van der Waals surface area (Å²) >= 11 is 7.90. The van der Waals surface area contributed by atoms with Gasteiger partial charge in [-0.15, -0.1) is 22.9 Å². The Morgan fingerprint density at radius 3 is 2.13 bits per heavy atom. The third-order valence-electron chi connectivity index (χ3n) is 12.1. The predicted molar refractivity (Wildman–Crippen MR) is 268 cm³/mol. The fraction of sp³-hybridized carbons (Fsp3) is 0.389. The zero-order valence-corrected chi connectivity index (χ0v) is 40.9. The van der Waals surface area contributed by atoms with Crippen molar-refractivity contribution in [1.82, 2.24) is 25.4 Å². The van der Waals surface area contributed by atoms with Gasteiger partial charge in [-0.25, -0.2) is 4.98 Å². The number of hydrogen-bond acceptors (Lipinski definition) is 8. The van der Waals surface area contributed by atoms with E-state index < -0.39 is 29.5 Å². The number of likely N-dealkylation sites (N-methyl/N-ethyl adjacent to an activating group) is 1. The minimum atomic E-state index is -0.907. The molecule has 2 heterocycles. The van der Waals surface area contributed by atoms with Crippen LogP contribution in [-0.4, -0.2) is 94.3 Å². The number of benzene rings is 4. The first-order valence-electron chi connectivity index (χ1n) is 23.2. The van der Waals surface area contributed by atoms with E-state index in [1.165, 1.54) is 10.5 Å². The number of alkyl halides is 1. The first kappa shape index (κ1) is 50.6. The maximum Gasteiger partial charge on any atom is 0.246 e. The molecular weight excluding hydrogens is 882 g/mol. The number of ether oxygens (including phenoxy) is 1. The van der Waals surface area contributed by atoms with E-state index in [4.69, 9.17) is 16.3 Å². The van der Waals surface area contributed by atoms with Crippen LogP contribution in [0.3, 0.4) is 0 Å². The Morgan fingerprint density at radius 2 is 1.51 bits per heavy atom. The Balaban J connectivity index is 0.925. The Kier molecular flexibility index (Phi) is 18.3. The van der Waals surface area contributed by atoms with Crippen LogP contribution in [0.25, 0.3) is 21.6 Å². The minimum absolute atomic E-state index is 0.00143. The number of nitrogens with zero attached hydrogens (tertiary/aromatic N) is 3. The van der Waals surface area contributed by atoms with Gasteiger partial charge >= 0.3 is 0 Å². The largest absolute Gasteiger partial charge is 0.492 e. The van der Waals surface area contributed by atoms with Gasteiger partial charge in [-0.1, -0.05) is 124 Å². The van der Waals surface area contributed by atoms with E-state index in [0.717, 1.165) is 44.0 Å². The van der Waals surface area contributed by atoms with Crippen molar-refractivity contribution in [2.45, 2.75) is 97.4 Å². The quantitative estimate of drug-likeness (QED) is 0.0379. The Labute approximate surface area is 404 Å². The van der Waals surface area contributed by atoms with Gasteiger partial charge in [0, 0.05) is 45.3 Å². The van der Waals surface area contributed by atoms with Crippen LogP contribution in [-0.2, 0) is 25.7 Å². The second-order valence-electron chi connectivity index (χ2n) is 18.2. The van der Waals surface area contributed by atoms with Crippen molar-refractivity contribution in [3.8, 4) is 16.2 Å². The first-order valence-corrected chi connectivity index (χ1v) is 24.6. The number of thiazole rings is 1. The van der Waals surface area contributed by atoms with Crippen molar-refractivity contribution in [2.24, 2.45) is 5.41 Å². The van der Waals surface area contributed by atoms with Gasteiger partial charge in [0.05, 0.1) is 28.7 Å². The number of rotatable bonds is 21. The maximum absolute atomic E-state index is 14.0. The van der Waals surface area contributed by atoms with Crippen molar-refractivity contribution >= 4 is 57.7 Å². The summed E-state index contributed by atoms with van der Waals surface area (Å²) in [5.74, 6) is 0.173. The summed E-state index contributed by atoms with van der Waals surface area (Å²) in [6.07, 6.45) is 2.32. The molecule has 4 amide bonds. The number of carbonyl (C=O) groups is 4. The Hall–Kier alpha value is -5.82. The highest BCUT2D eigenvalue weighted by atomic mass is 35.5. The molecule has 0 bridgehead atoms. The molecule has 0 aliphatic carbocycles. The number of nitrogens with one attached hydrogen (secondary N) is 2. The topological polar surface area (TPSA) is 141 Å². The number of aliphatic hydroxyl groups excluding tert-OH is 1. The average Bonchev–Trinajstić information content (AvgIpc) is 3.95. The van der Waals surface area contributed by atoms with E-state index in [1.54, 1.807) is 23.3 Å². The predicted octanol–water partition coefficient (Wildman–Crippen LogP) is 9.30. The first-order chi connectivity index (χ1) is 32.2. The molecule has 3 N–H and O–H groups in total. The molecular formula is C54H64ClN5O6S. The number of aliphatic hydroxyl groups is 1. The lowest BCUT2D eigenvalue weighted by Gasteiger charge is -2.35. The lowest BCUT2D eigenvalue weighted by Crippen LogP contribution is -2.57. The normalized spacial score (nSPS) is 15.7. The van der Waals surface area contributed by atoms with Gasteiger partial charge in [0.15, 0.2) is 0 Å². The highest BCUT2D eigenvalue weighted by molar-refractivity contribution is 7.13. The van der Waals surface area contributed by atoms with E-state index >= 15 is 0 Å². The third-order valence-corrected chi connectivity index (χ3v) is 13.3. The molecule has 1 aliphatic rings. The number of amides is 4. The lowest BCUT2D eigenvalue weighted by molar-refractivity contribution is -0.144. The number of unbranched alkanes of at least 4 members (excludes halogenated alkanes) is 2. The monoisotopic (exact) mass is 945 g/mol. The van der Waals surface area contributed by atoms with Crippen LogP contribution in [0.2, 0.25) is 0 Å². The third kappa shape index (κ3) is 14.1. The second kappa shape index (κ2) is 24.3. The van der Waals surface area contributed by atoms with Crippen LogP contribution >= 0.6 is 22.9 Å². The molecule has 1 fully saturated rings.